The lowest BCUT2D eigenvalue weighted by Gasteiger charge is -2.13. The Balaban J connectivity index is 1.63. The average Bonchev–Trinajstić information content (AvgIpc) is 3.39. The topological polar surface area (TPSA) is 80.7 Å². The maximum absolute atomic E-state index is 13.0. The van der Waals surface area contributed by atoms with Gasteiger partial charge in [-0.05, 0) is 68.7 Å². The van der Waals surface area contributed by atoms with Gasteiger partial charge in [0.15, 0.2) is 0 Å². The number of aromatic nitrogens is 3. The van der Waals surface area contributed by atoms with Gasteiger partial charge in [-0.15, -0.1) is 0 Å². The first kappa shape index (κ1) is 19.6. The molecule has 0 spiro atoms. The molecule has 1 atom stereocenters. The van der Waals surface area contributed by atoms with Crippen LogP contribution in [0.5, 0.6) is 5.75 Å². The molecule has 3 aromatic heterocycles. The summed E-state index contributed by atoms with van der Waals surface area (Å²) in [6.45, 7) is 6.05. The Kier molecular flexibility index (Phi) is 5.11. The van der Waals surface area contributed by atoms with Crippen LogP contribution in [0.2, 0.25) is 0 Å². The van der Waals surface area contributed by atoms with Crippen molar-refractivity contribution in [1.29, 1.82) is 0 Å². The highest BCUT2D eigenvalue weighted by Crippen LogP contribution is 2.30. The first-order valence-electron chi connectivity index (χ1n) is 10.8. The summed E-state index contributed by atoms with van der Waals surface area (Å²) >= 11 is 0. The van der Waals surface area contributed by atoms with Crippen molar-refractivity contribution < 1.29 is 9.47 Å². The number of pyridine rings is 2. The van der Waals surface area contributed by atoms with Gasteiger partial charge in [-0.1, -0.05) is 0 Å². The fourth-order valence-electron chi connectivity index (χ4n) is 4.14. The van der Waals surface area contributed by atoms with Crippen molar-refractivity contribution in [3.63, 3.8) is 0 Å². The second-order valence-corrected chi connectivity index (χ2v) is 7.95. The minimum Gasteiger partial charge on any atom is -0.494 e. The number of nitrogens with zero attached hydrogens (tertiary/aromatic N) is 2. The molecule has 4 aromatic rings. The van der Waals surface area contributed by atoms with Crippen molar-refractivity contribution in [2.24, 2.45) is 0 Å². The van der Waals surface area contributed by atoms with E-state index in [4.69, 9.17) is 14.5 Å². The van der Waals surface area contributed by atoms with Crippen molar-refractivity contribution in [3.05, 3.63) is 58.5 Å². The summed E-state index contributed by atoms with van der Waals surface area (Å²) in [6, 6.07) is 11.6. The number of anilines is 1. The lowest BCUT2D eigenvalue weighted by atomic mass is 10.1. The largest absolute Gasteiger partial charge is 0.494 e. The predicted molar refractivity (Wildman–Crippen MR) is 122 cm³/mol. The summed E-state index contributed by atoms with van der Waals surface area (Å²) in [4.78, 5) is 20.8. The van der Waals surface area contributed by atoms with Crippen molar-refractivity contribution in [2.45, 2.75) is 32.8 Å². The molecule has 1 unspecified atom stereocenters. The molecule has 7 heteroatoms. The number of ether oxygens (including phenoxy) is 2. The van der Waals surface area contributed by atoms with E-state index in [0.717, 1.165) is 53.1 Å². The van der Waals surface area contributed by atoms with Crippen molar-refractivity contribution in [2.75, 3.05) is 25.1 Å². The molecular formula is C24H26N4O3. The van der Waals surface area contributed by atoms with Crippen LogP contribution in [0, 0.1) is 6.92 Å². The standard InChI is InChI=1S/C24H26N4O3/c1-3-30-17-6-7-20-16(12-17)13-19(24(29)26-20)22-23(25-14-18-5-4-10-31-18)28-9-8-15(2)11-21(28)27-22/h6-9,11-13,18,25H,3-5,10,14H2,1-2H3,(H,26,29). The van der Waals surface area contributed by atoms with Gasteiger partial charge in [0.25, 0.3) is 5.56 Å². The summed E-state index contributed by atoms with van der Waals surface area (Å²) < 4.78 is 13.4. The van der Waals surface area contributed by atoms with E-state index in [1.165, 1.54) is 0 Å². The van der Waals surface area contributed by atoms with Crippen molar-refractivity contribution >= 4 is 22.4 Å². The molecule has 0 radical (unpaired) electrons. The Morgan fingerprint density at radius 3 is 3.00 bits per heavy atom. The van der Waals surface area contributed by atoms with Gasteiger partial charge in [-0.25, -0.2) is 4.98 Å². The van der Waals surface area contributed by atoms with E-state index in [9.17, 15) is 4.79 Å². The van der Waals surface area contributed by atoms with Gasteiger partial charge in [-0.2, -0.15) is 0 Å². The Labute approximate surface area is 180 Å². The third kappa shape index (κ3) is 3.77. The smallest absolute Gasteiger partial charge is 0.258 e. The molecular weight excluding hydrogens is 392 g/mol. The quantitative estimate of drug-likeness (QED) is 0.492. The van der Waals surface area contributed by atoms with E-state index in [1.54, 1.807) is 0 Å². The third-order valence-corrected chi connectivity index (χ3v) is 5.68. The molecule has 7 nitrogen and oxygen atoms in total. The number of imidazole rings is 1. The van der Waals surface area contributed by atoms with Crippen molar-refractivity contribution in [1.82, 2.24) is 14.4 Å². The van der Waals surface area contributed by atoms with Gasteiger partial charge in [0.05, 0.1) is 18.3 Å². The van der Waals surface area contributed by atoms with Crippen LogP contribution in [0.15, 0.2) is 47.4 Å². The van der Waals surface area contributed by atoms with E-state index in [1.807, 2.05) is 60.8 Å². The second-order valence-electron chi connectivity index (χ2n) is 7.95. The number of fused-ring (bicyclic) bond motifs is 2. The molecule has 0 bridgehead atoms. The first-order chi connectivity index (χ1) is 15.1. The maximum Gasteiger partial charge on any atom is 0.258 e. The van der Waals surface area contributed by atoms with Gasteiger partial charge < -0.3 is 19.8 Å². The van der Waals surface area contributed by atoms with Crippen LogP contribution in [0.1, 0.15) is 25.3 Å². The molecule has 1 saturated heterocycles. The van der Waals surface area contributed by atoms with Gasteiger partial charge in [-0.3, -0.25) is 9.20 Å². The molecule has 1 aliphatic heterocycles. The third-order valence-electron chi connectivity index (χ3n) is 5.68. The Hall–Kier alpha value is -3.32. The zero-order valence-corrected chi connectivity index (χ0v) is 17.8. The van der Waals surface area contributed by atoms with Gasteiger partial charge in [0, 0.05) is 30.3 Å². The summed E-state index contributed by atoms with van der Waals surface area (Å²) in [5.74, 6) is 1.58. The molecule has 0 saturated carbocycles. The van der Waals surface area contributed by atoms with Crippen LogP contribution in [-0.2, 0) is 4.74 Å². The number of aryl methyl sites for hydroxylation is 1. The van der Waals surface area contributed by atoms with Gasteiger partial charge >= 0.3 is 0 Å². The molecule has 4 heterocycles. The highest BCUT2D eigenvalue weighted by molar-refractivity contribution is 5.87. The molecule has 160 valence electrons. The minimum absolute atomic E-state index is 0.169. The first-order valence-corrected chi connectivity index (χ1v) is 10.8. The Bertz CT molecular complexity index is 1300. The summed E-state index contributed by atoms with van der Waals surface area (Å²) in [6.07, 6.45) is 4.28. The van der Waals surface area contributed by atoms with E-state index < -0.39 is 0 Å². The number of rotatable bonds is 6. The number of H-pyrrole nitrogens is 1. The zero-order valence-electron chi connectivity index (χ0n) is 17.8. The lowest BCUT2D eigenvalue weighted by Crippen LogP contribution is -2.20. The van der Waals surface area contributed by atoms with E-state index in [0.29, 0.717) is 24.4 Å². The van der Waals surface area contributed by atoms with Crippen LogP contribution in [-0.4, -0.2) is 40.2 Å². The van der Waals surface area contributed by atoms with E-state index >= 15 is 0 Å². The summed E-state index contributed by atoms with van der Waals surface area (Å²) in [5, 5.41) is 4.40. The van der Waals surface area contributed by atoms with Crippen LogP contribution in [0.3, 0.4) is 0 Å². The molecule has 1 aromatic carbocycles. The second kappa shape index (κ2) is 8.07. The van der Waals surface area contributed by atoms with E-state index in [2.05, 4.69) is 10.3 Å². The SMILES string of the molecule is CCOc1ccc2[nH]c(=O)c(-c3nc4cc(C)ccn4c3NCC3CCCO3)cc2c1. The average molecular weight is 418 g/mol. The minimum atomic E-state index is -0.169. The number of benzene rings is 1. The molecule has 1 aliphatic rings. The predicted octanol–water partition coefficient (Wildman–Crippen LogP) is 4.14. The van der Waals surface area contributed by atoms with Crippen LogP contribution in [0.4, 0.5) is 5.82 Å². The molecule has 31 heavy (non-hydrogen) atoms. The number of hydrogen-bond acceptors (Lipinski definition) is 5. The van der Waals surface area contributed by atoms with E-state index in [-0.39, 0.29) is 11.7 Å². The molecule has 0 amide bonds. The van der Waals surface area contributed by atoms with Gasteiger partial charge in [0.2, 0.25) is 0 Å². The zero-order chi connectivity index (χ0) is 21.4. The van der Waals surface area contributed by atoms with Crippen LogP contribution >= 0.6 is 0 Å². The molecule has 1 fully saturated rings. The Morgan fingerprint density at radius 1 is 1.29 bits per heavy atom. The maximum atomic E-state index is 13.0. The molecule has 5 rings (SSSR count). The van der Waals surface area contributed by atoms with Crippen molar-refractivity contribution in [3.8, 4) is 17.0 Å². The highest BCUT2D eigenvalue weighted by Gasteiger charge is 2.21. The summed E-state index contributed by atoms with van der Waals surface area (Å²) in [5.41, 5.74) is 3.67. The lowest BCUT2D eigenvalue weighted by molar-refractivity contribution is 0.120. The molecule has 2 N–H and O–H groups in total. The molecule has 0 aliphatic carbocycles. The van der Waals surface area contributed by atoms with Crippen LogP contribution < -0.4 is 15.6 Å². The highest BCUT2D eigenvalue weighted by atomic mass is 16.5. The number of aromatic amines is 1. The number of nitrogens with one attached hydrogen (secondary N) is 2. The Morgan fingerprint density at radius 2 is 2.19 bits per heavy atom. The number of hydrogen-bond donors (Lipinski definition) is 2. The fraction of sp³-hybridized carbons (Fsp3) is 0.333. The fourth-order valence-corrected chi connectivity index (χ4v) is 4.14. The summed E-state index contributed by atoms with van der Waals surface area (Å²) in [7, 11) is 0. The monoisotopic (exact) mass is 418 g/mol. The normalized spacial score (nSPS) is 16.3. The van der Waals surface area contributed by atoms with Gasteiger partial charge in [0.1, 0.15) is 22.9 Å². The van der Waals surface area contributed by atoms with Crippen LogP contribution in [0.25, 0.3) is 27.8 Å².